The van der Waals surface area contributed by atoms with Crippen LogP contribution >= 0.6 is 23.2 Å². The zero-order valence-electron chi connectivity index (χ0n) is 12.7. The number of ether oxygens (including phenoxy) is 2. The van der Waals surface area contributed by atoms with Crippen LogP contribution in [0.2, 0.25) is 10.0 Å². The van der Waals surface area contributed by atoms with Crippen molar-refractivity contribution in [2.45, 2.75) is 6.61 Å². The van der Waals surface area contributed by atoms with E-state index in [2.05, 4.69) is 0 Å². The Morgan fingerprint density at radius 1 is 0.917 bits per heavy atom. The van der Waals surface area contributed by atoms with Crippen LogP contribution in [-0.4, -0.2) is 12.6 Å². The summed E-state index contributed by atoms with van der Waals surface area (Å²) < 4.78 is 10.7. The molecule has 0 radical (unpaired) electrons. The summed E-state index contributed by atoms with van der Waals surface area (Å²) in [7, 11) is 0. The molecule has 0 spiro atoms. The van der Waals surface area contributed by atoms with E-state index in [1.807, 2.05) is 42.5 Å². The molecule has 0 aromatic heterocycles. The summed E-state index contributed by atoms with van der Waals surface area (Å²) in [6, 6.07) is 18.6. The highest BCUT2D eigenvalue weighted by atomic mass is 35.5. The van der Waals surface area contributed by atoms with Crippen molar-refractivity contribution in [1.82, 2.24) is 0 Å². The molecule has 3 aromatic rings. The number of benzene rings is 3. The molecule has 0 saturated heterocycles. The molecular formula is C19H14Cl2O3. The van der Waals surface area contributed by atoms with E-state index in [-0.39, 0.29) is 13.2 Å². The van der Waals surface area contributed by atoms with Crippen molar-refractivity contribution in [3.8, 4) is 5.75 Å². The predicted molar refractivity (Wildman–Crippen MR) is 95.7 cm³/mol. The summed E-state index contributed by atoms with van der Waals surface area (Å²) in [5.74, 6) is 0.157. The van der Waals surface area contributed by atoms with Gasteiger partial charge in [0.1, 0.15) is 12.4 Å². The van der Waals surface area contributed by atoms with Crippen LogP contribution in [0.5, 0.6) is 5.75 Å². The average molecular weight is 361 g/mol. The summed E-state index contributed by atoms with van der Waals surface area (Å²) >= 11 is 11.9. The van der Waals surface area contributed by atoms with E-state index >= 15 is 0 Å². The van der Waals surface area contributed by atoms with Crippen LogP contribution in [-0.2, 0) is 16.1 Å². The molecule has 0 atom stereocenters. The monoisotopic (exact) mass is 360 g/mol. The van der Waals surface area contributed by atoms with Gasteiger partial charge in [0.2, 0.25) is 0 Å². The highest BCUT2D eigenvalue weighted by molar-refractivity contribution is 6.35. The zero-order valence-corrected chi connectivity index (χ0v) is 14.2. The fraction of sp³-hybridized carbons (Fsp3) is 0.105. The summed E-state index contributed by atoms with van der Waals surface area (Å²) in [6.45, 7) is -0.0839. The lowest BCUT2D eigenvalue weighted by Crippen LogP contribution is -2.14. The maximum atomic E-state index is 11.8. The number of carbonyl (C=O) groups is 1. The lowest BCUT2D eigenvalue weighted by molar-refractivity contribution is -0.147. The Labute approximate surface area is 149 Å². The standard InChI is InChI=1S/C19H14Cl2O3/c20-16-7-5-15(18(21)10-16)11-24-19(22)12-23-17-8-6-13-3-1-2-4-14(13)9-17/h1-10H,11-12H2. The number of hydrogen-bond donors (Lipinski definition) is 0. The molecule has 0 unspecified atom stereocenters. The van der Waals surface area contributed by atoms with Crippen LogP contribution in [0, 0.1) is 0 Å². The molecule has 0 heterocycles. The molecule has 0 bridgehead atoms. The van der Waals surface area contributed by atoms with Gasteiger partial charge in [-0.3, -0.25) is 0 Å². The fourth-order valence-corrected chi connectivity index (χ4v) is 2.70. The van der Waals surface area contributed by atoms with Gasteiger partial charge in [-0.1, -0.05) is 59.6 Å². The van der Waals surface area contributed by atoms with Gasteiger partial charge < -0.3 is 9.47 Å². The van der Waals surface area contributed by atoms with E-state index in [4.69, 9.17) is 32.7 Å². The SMILES string of the molecule is O=C(COc1ccc2ccccc2c1)OCc1ccc(Cl)cc1Cl. The first kappa shape index (κ1) is 16.6. The third-order valence-corrected chi connectivity index (χ3v) is 4.07. The second-order valence-corrected chi connectivity index (χ2v) is 6.04. The van der Waals surface area contributed by atoms with Gasteiger partial charge in [0.25, 0.3) is 0 Å². The van der Waals surface area contributed by atoms with Crippen molar-refractivity contribution in [3.63, 3.8) is 0 Å². The number of fused-ring (bicyclic) bond motifs is 1. The molecule has 3 nitrogen and oxygen atoms in total. The van der Waals surface area contributed by atoms with E-state index in [1.165, 1.54) is 0 Å². The third-order valence-electron chi connectivity index (χ3n) is 3.48. The van der Waals surface area contributed by atoms with E-state index in [0.29, 0.717) is 21.4 Å². The lowest BCUT2D eigenvalue weighted by Gasteiger charge is -2.09. The molecule has 0 N–H and O–H groups in total. The molecule has 0 aliphatic heterocycles. The van der Waals surface area contributed by atoms with Crippen LogP contribution in [0.3, 0.4) is 0 Å². The molecule has 0 amide bonds. The van der Waals surface area contributed by atoms with Gasteiger partial charge in [0.15, 0.2) is 6.61 Å². The quantitative estimate of drug-likeness (QED) is 0.581. The minimum Gasteiger partial charge on any atom is -0.482 e. The molecule has 5 heteroatoms. The van der Waals surface area contributed by atoms with Gasteiger partial charge in [-0.05, 0) is 35.0 Å². The normalized spacial score (nSPS) is 10.6. The average Bonchev–Trinajstić information content (AvgIpc) is 2.59. The first-order valence-electron chi connectivity index (χ1n) is 7.33. The topological polar surface area (TPSA) is 35.5 Å². The number of hydrogen-bond acceptors (Lipinski definition) is 3. The van der Waals surface area contributed by atoms with Gasteiger partial charge in [-0.15, -0.1) is 0 Å². The molecular weight excluding hydrogens is 347 g/mol. The Kier molecular flexibility index (Phi) is 5.24. The molecule has 0 saturated carbocycles. The third kappa shape index (κ3) is 4.19. The van der Waals surface area contributed by atoms with Crippen LogP contribution < -0.4 is 4.74 Å². The summed E-state index contributed by atoms with van der Waals surface area (Å²) in [5, 5.41) is 3.17. The Morgan fingerprint density at radius 3 is 2.50 bits per heavy atom. The second kappa shape index (κ2) is 7.56. The Morgan fingerprint density at radius 2 is 1.71 bits per heavy atom. The van der Waals surface area contributed by atoms with Crippen molar-refractivity contribution in [3.05, 3.63) is 76.3 Å². The summed E-state index contributed by atoms with van der Waals surface area (Å²) in [6.07, 6.45) is 0. The van der Waals surface area contributed by atoms with Gasteiger partial charge in [0.05, 0.1) is 0 Å². The lowest BCUT2D eigenvalue weighted by atomic mass is 10.1. The van der Waals surface area contributed by atoms with Gasteiger partial charge in [-0.2, -0.15) is 0 Å². The van der Waals surface area contributed by atoms with E-state index in [0.717, 1.165) is 10.8 Å². The first-order valence-corrected chi connectivity index (χ1v) is 8.08. The van der Waals surface area contributed by atoms with Crippen molar-refractivity contribution >= 4 is 39.9 Å². The van der Waals surface area contributed by atoms with Gasteiger partial charge >= 0.3 is 5.97 Å². The molecule has 0 aliphatic carbocycles. The van der Waals surface area contributed by atoms with E-state index in [1.54, 1.807) is 18.2 Å². The molecule has 24 heavy (non-hydrogen) atoms. The molecule has 0 aliphatic rings. The highest BCUT2D eigenvalue weighted by Crippen LogP contribution is 2.22. The molecule has 3 rings (SSSR count). The summed E-state index contributed by atoms with van der Waals surface area (Å²) in [4.78, 5) is 11.8. The highest BCUT2D eigenvalue weighted by Gasteiger charge is 2.08. The van der Waals surface area contributed by atoms with Crippen molar-refractivity contribution in [1.29, 1.82) is 0 Å². The van der Waals surface area contributed by atoms with Crippen LogP contribution in [0.4, 0.5) is 0 Å². The number of halogens is 2. The smallest absolute Gasteiger partial charge is 0.344 e. The Balaban J connectivity index is 1.54. The molecule has 122 valence electrons. The maximum absolute atomic E-state index is 11.8. The van der Waals surface area contributed by atoms with Crippen molar-refractivity contribution in [2.24, 2.45) is 0 Å². The number of carbonyl (C=O) groups excluding carboxylic acids is 1. The second-order valence-electron chi connectivity index (χ2n) is 5.19. The van der Waals surface area contributed by atoms with Crippen molar-refractivity contribution in [2.75, 3.05) is 6.61 Å². The van der Waals surface area contributed by atoms with E-state index in [9.17, 15) is 4.79 Å². The van der Waals surface area contributed by atoms with E-state index < -0.39 is 5.97 Å². The fourth-order valence-electron chi connectivity index (χ4n) is 2.24. The van der Waals surface area contributed by atoms with Gasteiger partial charge in [-0.25, -0.2) is 4.79 Å². The Bertz CT molecular complexity index is 877. The minimum atomic E-state index is -0.464. The summed E-state index contributed by atoms with van der Waals surface area (Å²) in [5.41, 5.74) is 0.695. The maximum Gasteiger partial charge on any atom is 0.344 e. The van der Waals surface area contributed by atoms with Crippen LogP contribution in [0.1, 0.15) is 5.56 Å². The molecule has 3 aromatic carbocycles. The number of esters is 1. The largest absolute Gasteiger partial charge is 0.482 e. The van der Waals surface area contributed by atoms with Gasteiger partial charge in [0, 0.05) is 15.6 Å². The Hall–Kier alpha value is -2.23. The zero-order chi connectivity index (χ0) is 16.9. The number of rotatable bonds is 5. The van der Waals surface area contributed by atoms with Crippen LogP contribution in [0.15, 0.2) is 60.7 Å². The van der Waals surface area contributed by atoms with Crippen molar-refractivity contribution < 1.29 is 14.3 Å². The first-order chi connectivity index (χ1) is 11.6. The molecule has 0 fully saturated rings. The van der Waals surface area contributed by atoms with Crippen LogP contribution in [0.25, 0.3) is 10.8 Å². The minimum absolute atomic E-state index is 0.0793. The predicted octanol–water partition coefficient (Wildman–Crippen LogP) is 5.27.